The van der Waals surface area contributed by atoms with Crippen LogP contribution in [0.4, 0.5) is 0 Å². The van der Waals surface area contributed by atoms with Crippen molar-refractivity contribution in [3.8, 4) is 0 Å². The molecule has 3 heteroatoms. The molecule has 2 rings (SSSR count). The maximum absolute atomic E-state index is 10.4. The second-order valence-electron chi connectivity index (χ2n) is 5.63. The minimum Gasteiger partial charge on any atom is -0.460 e. The topological polar surface area (TPSA) is 42.1 Å². The van der Waals surface area contributed by atoms with Crippen molar-refractivity contribution in [1.29, 1.82) is 0 Å². The lowest BCUT2D eigenvalue weighted by Gasteiger charge is -2.19. The molecular weight excluding hydrogens is 226 g/mol. The molecule has 0 fully saturated rings. The van der Waals surface area contributed by atoms with Gasteiger partial charge in [-0.1, -0.05) is 26.8 Å². The number of nitrogens with one attached hydrogen (secondary N) is 1. The van der Waals surface area contributed by atoms with Crippen molar-refractivity contribution in [3.63, 3.8) is 0 Å². The van der Waals surface area contributed by atoms with Crippen molar-refractivity contribution in [2.24, 2.45) is 0 Å². The number of benzene rings is 1. The van der Waals surface area contributed by atoms with Crippen LogP contribution >= 0.6 is 0 Å². The number of aromatic amines is 1. The van der Waals surface area contributed by atoms with Gasteiger partial charge >= 0.3 is 0 Å². The number of fused-ring (bicyclic) bond motifs is 1. The Kier molecular flexibility index (Phi) is 3.16. The smallest absolute Gasteiger partial charge is 0.293 e. The molecular formula is C15H19NO2. The van der Waals surface area contributed by atoms with E-state index in [0.29, 0.717) is 6.47 Å². The number of carbonyl (C=O) groups is 1. The van der Waals surface area contributed by atoms with Crippen LogP contribution in [0.5, 0.6) is 0 Å². The zero-order valence-electron chi connectivity index (χ0n) is 11.3. The zero-order chi connectivity index (χ0) is 13.3. The number of H-pyrrole nitrogens is 1. The standard InChI is InChI=1S/C15H19NO2/c1-10(18-9-17)13-8-16-14-6-5-11(7-12(13)14)15(2,3)4/h5-10,16H,1-4H3. The first-order valence-electron chi connectivity index (χ1n) is 6.14. The Balaban J connectivity index is 2.53. The summed E-state index contributed by atoms with van der Waals surface area (Å²) in [5.41, 5.74) is 3.47. The summed E-state index contributed by atoms with van der Waals surface area (Å²) >= 11 is 0. The zero-order valence-corrected chi connectivity index (χ0v) is 11.3. The molecule has 0 amide bonds. The van der Waals surface area contributed by atoms with Crippen LogP contribution in [0.15, 0.2) is 24.4 Å². The summed E-state index contributed by atoms with van der Waals surface area (Å²) in [4.78, 5) is 13.7. The number of hydrogen-bond donors (Lipinski definition) is 1. The third-order valence-corrected chi connectivity index (χ3v) is 3.28. The maximum Gasteiger partial charge on any atom is 0.293 e. The number of carbonyl (C=O) groups excluding carboxylic acids is 1. The second-order valence-corrected chi connectivity index (χ2v) is 5.63. The molecule has 1 aromatic carbocycles. The first kappa shape index (κ1) is 12.7. The van der Waals surface area contributed by atoms with E-state index < -0.39 is 0 Å². The van der Waals surface area contributed by atoms with Gasteiger partial charge in [-0.05, 0) is 30.0 Å². The first-order valence-corrected chi connectivity index (χ1v) is 6.14. The fourth-order valence-corrected chi connectivity index (χ4v) is 2.10. The van der Waals surface area contributed by atoms with Crippen LogP contribution in [0.2, 0.25) is 0 Å². The molecule has 0 bridgehead atoms. The molecule has 0 spiro atoms. The monoisotopic (exact) mass is 245 g/mol. The highest BCUT2D eigenvalue weighted by molar-refractivity contribution is 5.84. The fourth-order valence-electron chi connectivity index (χ4n) is 2.10. The van der Waals surface area contributed by atoms with Gasteiger partial charge in [0.15, 0.2) is 0 Å². The Morgan fingerprint density at radius 1 is 1.33 bits per heavy atom. The third-order valence-electron chi connectivity index (χ3n) is 3.28. The van der Waals surface area contributed by atoms with Crippen LogP contribution in [-0.4, -0.2) is 11.5 Å². The largest absolute Gasteiger partial charge is 0.460 e. The Labute approximate surface area is 107 Å². The molecule has 1 heterocycles. The summed E-state index contributed by atoms with van der Waals surface area (Å²) in [6, 6.07) is 6.38. The van der Waals surface area contributed by atoms with Crippen molar-refractivity contribution in [3.05, 3.63) is 35.5 Å². The molecule has 0 aliphatic heterocycles. The van der Waals surface area contributed by atoms with E-state index >= 15 is 0 Å². The summed E-state index contributed by atoms with van der Waals surface area (Å²) in [7, 11) is 0. The normalized spacial score (nSPS) is 13.6. The van der Waals surface area contributed by atoms with E-state index in [0.717, 1.165) is 16.5 Å². The summed E-state index contributed by atoms with van der Waals surface area (Å²) < 4.78 is 5.02. The Morgan fingerprint density at radius 3 is 2.67 bits per heavy atom. The lowest BCUT2D eigenvalue weighted by Crippen LogP contribution is -2.10. The number of hydrogen-bond acceptors (Lipinski definition) is 2. The van der Waals surface area contributed by atoms with Crippen LogP contribution in [0.3, 0.4) is 0 Å². The lowest BCUT2D eigenvalue weighted by atomic mass is 9.86. The molecule has 0 aliphatic carbocycles. The molecule has 0 radical (unpaired) electrons. The van der Waals surface area contributed by atoms with Gasteiger partial charge in [0.1, 0.15) is 6.10 Å². The number of rotatable bonds is 3. The van der Waals surface area contributed by atoms with E-state index in [4.69, 9.17) is 4.74 Å². The van der Waals surface area contributed by atoms with E-state index in [2.05, 4.69) is 44.0 Å². The molecule has 2 aromatic rings. The minimum absolute atomic E-state index is 0.109. The van der Waals surface area contributed by atoms with E-state index in [1.807, 2.05) is 13.1 Å². The van der Waals surface area contributed by atoms with Crippen LogP contribution in [0, 0.1) is 0 Å². The average molecular weight is 245 g/mol. The van der Waals surface area contributed by atoms with Crippen LogP contribution in [0.1, 0.15) is 44.9 Å². The molecule has 96 valence electrons. The van der Waals surface area contributed by atoms with Gasteiger partial charge in [0.05, 0.1) is 0 Å². The van der Waals surface area contributed by atoms with Gasteiger partial charge in [-0.15, -0.1) is 0 Å². The van der Waals surface area contributed by atoms with E-state index in [9.17, 15) is 4.79 Å². The average Bonchev–Trinajstić information content (AvgIpc) is 2.70. The van der Waals surface area contributed by atoms with Crippen molar-refractivity contribution in [1.82, 2.24) is 4.98 Å². The fraction of sp³-hybridized carbons (Fsp3) is 0.400. The number of ether oxygens (including phenoxy) is 1. The third kappa shape index (κ3) is 2.26. The molecule has 0 saturated heterocycles. The molecule has 1 N–H and O–H groups in total. The number of aromatic nitrogens is 1. The molecule has 0 saturated carbocycles. The van der Waals surface area contributed by atoms with Gasteiger partial charge in [-0.2, -0.15) is 0 Å². The van der Waals surface area contributed by atoms with Gasteiger partial charge in [0.2, 0.25) is 0 Å². The second kappa shape index (κ2) is 4.48. The van der Waals surface area contributed by atoms with Crippen LogP contribution in [-0.2, 0) is 14.9 Å². The summed E-state index contributed by atoms with van der Waals surface area (Å²) in [6.45, 7) is 8.93. The van der Waals surface area contributed by atoms with E-state index in [-0.39, 0.29) is 11.5 Å². The van der Waals surface area contributed by atoms with Gasteiger partial charge in [0.25, 0.3) is 6.47 Å². The quantitative estimate of drug-likeness (QED) is 0.838. The first-order chi connectivity index (χ1) is 8.43. The van der Waals surface area contributed by atoms with Crippen molar-refractivity contribution in [2.75, 3.05) is 0 Å². The molecule has 18 heavy (non-hydrogen) atoms. The van der Waals surface area contributed by atoms with Crippen LogP contribution in [0.25, 0.3) is 10.9 Å². The SMILES string of the molecule is CC(OC=O)c1c[nH]c2ccc(C(C)(C)C)cc12. The molecule has 1 unspecified atom stereocenters. The van der Waals surface area contributed by atoms with Gasteiger partial charge in [-0.3, -0.25) is 4.79 Å². The Hall–Kier alpha value is -1.77. The molecule has 3 nitrogen and oxygen atoms in total. The predicted octanol–water partition coefficient (Wildman–Crippen LogP) is 3.70. The van der Waals surface area contributed by atoms with Gasteiger partial charge < -0.3 is 9.72 Å². The maximum atomic E-state index is 10.4. The summed E-state index contributed by atoms with van der Waals surface area (Å²) in [5, 5.41) is 1.12. The van der Waals surface area contributed by atoms with Crippen molar-refractivity contribution in [2.45, 2.75) is 39.2 Å². The van der Waals surface area contributed by atoms with Gasteiger partial charge in [0, 0.05) is 22.7 Å². The molecule has 1 aromatic heterocycles. The highest BCUT2D eigenvalue weighted by atomic mass is 16.5. The van der Waals surface area contributed by atoms with E-state index in [1.165, 1.54) is 5.56 Å². The van der Waals surface area contributed by atoms with Crippen molar-refractivity contribution < 1.29 is 9.53 Å². The highest BCUT2D eigenvalue weighted by Gasteiger charge is 2.17. The Bertz CT molecular complexity index is 563. The van der Waals surface area contributed by atoms with Gasteiger partial charge in [-0.25, -0.2) is 0 Å². The molecule has 1 atom stereocenters. The minimum atomic E-state index is -0.230. The highest BCUT2D eigenvalue weighted by Crippen LogP contribution is 2.30. The summed E-state index contributed by atoms with van der Waals surface area (Å²) in [5.74, 6) is 0. The predicted molar refractivity (Wildman–Crippen MR) is 72.6 cm³/mol. The molecule has 0 aliphatic rings. The lowest BCUT2D eigenvalue weighted by molar-refractivity contribution is -0.133. The Morgan fingerprint density at radius 2 is 2.06 bits per heavy atom. The van der Waals surface area contributed by atoms with Crippen LogP contribution < -0.4 is 0 Å². The van der Waals surface area contributed by atoms with Crippen molar-refractivity contribution >= 4 is 17.4 Å². The van der Waals surface area contributed by atoms with E-state index in [1.54, 1.807) is 0 Å². The summed E-state index contributed by atoms with van der Waals surface area (Å²) in [6.07, 6.45) is 1.68.